The number of rotatable bonds is 4. The Kier molecular flexibility index (Phi) is 4.56. The first kappa shape index (κ1) is 15.0. The fourth-order valence-electron chi connectivity index (χ4n) is 1.95. The molecule has 0 aliphatic carbocycles. The number of carbonyl (C=O) groups is 1. The van der Waals surface area contributed by atoms with E-state index in [1.165, 1.54) is 13.3 Å². The smallest absolute Gasteiger partial charge is 0.199 e. The van der Waals surface area contributed by atoms with E-state index in [0.29, 0.717) is 16.9 Å². The number of hydrogen-bond donors (Lipinski definition) is 0. The van der Waals surface area contributed by atoms with Crippen LogP contribution < -0.4 is 4.74 Å². The topological polar surface area (TPSA) is 63.0 Å². The van der Waals surface area contributed by atoms with Gasteiger partial charge in [-0.15, -0.1) is 0 Å². The van der Waals surface area contributed by atoms with Crippen molar-refractivity contribution in [2.75, 3.05) is 7.11 Å². The van der Waals surface area contributed by atoms with Gasteiger partial charge >= 0.3 is 0 Å². The van der Waals surface area contributed by atoms with Gasteiger partial charge in [0.15, 0.2) is 5.78 Å². The molecule has 2 rings (SSSR count). The lowest BCUT2D eigenvalue weighted by Gasteiger charge is -2.11. The minimum Gasteiger partial charge on any atom is -0.496 e. The van der Waals surface area contributed by atoms with Gasteiger partial charge in [0, 0.05) is 6.20 Å². The number of ether oxygens (including phenoxy) is 1. The highest BCUT2D eigenvalue weighted by molar-refractivity contribution is 6.34. The second-order valence-electron chi connectivity index (χ2n) is 4.48. The molecule has 0 saturated heterocycles. The second kappa shape index (κ2) is 6.38. The number of methoxy groups -OCH3 is 1. The number of ketones is 1. The zero-order valence-corrected chi connectivity index (χ0v) is 12.4. The van der Waals surface area contributed by atoms with Gasteiger partial charge in [0.05, 0.1) is 30.2 Å². The van der Waals surface area contributed by atoms with Gasteiger partial charge in [0.2, 0.25) is 0 Å². The fourth-order valence-corrected chi connectivity index (χ4v) is 2.15. The number of benzene rings is 1. The lowest BCUT2D eigenvalue weighted by Crippen LogP contribution is -2.07. The number of hydrogen-bond acceptors (Lipinski definition) is 4. The van der Waals surface area contributed by atoms with Crippen LogP contribution in [0.1, 0.15) is 34.3 Å². The number of halogens is 1. The zero-order chi connectivity index (χ0) is 15.4. The third-order valence-electron chi connectivity index (χ3n) is 3.17. The Morgan fingerprint density at radius 2 is 2.14 bits per heavy atom. The Balaban J connectivity index is 2.54. The molecule has 4 nitrogen and oxygen atoms in total. The van der Waals surface area contributed by atoms with Crippen LogP contribution in [0.25, 0.3) is 0 Å². The van der Waals surface area contributed by atoms with Crippen molar-refractivity contribution in [1.82, 2.24) is 4.98 Å². The van der Waals surface area contributed by atoms with Crippen LogP contribution >= 0.6 is 11.6 Å². The molecule has 0 amide bonds. The van der Waals surface area contributed by atoms with Crippen LogP contribution in [0, 0.1) is 11.3 Å². The van der Waals surface area contributed by atoms with Crippen molar-refractivity contribution in [2.24, 2.45) is 0 Å². The van der Waals surface area contributed by atoms with Gasteiger partial charge in [0.1, 0.15) is 10.9 Å². The molecule has 0 N–H and O–H groups in total. The van der Waals surface area contributed by atoms with Gasteiger partial charge in [-0.3, -0.25) is 4.79 Å². The summed E-state index contributed by atoms with van der Waals surface area (Å²) in [5.74, 6) is -0.155. The van der Waals surface area contributed by atoms with Crippen molar-refractivity contribution in [3.05, 3.63) is 58.4 Å². The molecule has 1 aromatic heterocycles. The van der Waals surface area contributed by atoms with E-state index >= 15 is 0 Å². The maximum Gasteiger partial charge on any atom is 0.199 e. The summed E-state index contributed by atoms with van der Waals surface area (Å²) in [5, 5.41) is 9.15. The average molecular weight is 301 g/mol. The number of nitrogens with zero attached hydrogens (tertiary/aromatic N) is 2. The third kappa shape index (κ3) is 3.04. The van der Waals surface area contributed by atoms with E-state index in [0.717, 1.165) is 5.56 Å². The number of aromatic nitrogens is 1. The molecule has 0 fully saturated rings. The summed E-state index contributed by atoms with van der Waals surface area (Å²) < 4.78 is 5.23. The van der Waals surface area contributed by atoms with E-state index in [-0.39, 0.29) is 16.9 Å². The molecule has 0 aliphatic heterocycles. The van der Waals surface area contributed by atoms with Gasteiger partial charge in [0.25, 0.3) is 0 Å². The number of pyridine rings is 1. The molecule has 1 atom stereocenters. The molecule has 106 valence electrons. The third-order valence-corrected chi connectivity index (χ3v) is 3.47. The predicted molar refractivity (Wildman–Crippen MR) is 79.7 cm³/mol. The zero-order valence-electron chi connectivity index (χ0n) is 11.6. The van der Waals surface area contributed by atoms with Crippen LogP contribution in [0.15, 0.2) is 36.5 Å². The minimum absolute atomic E-state index is 0.142. The van der Waals surface area contributed by atoms with Gasteiger partial charge in [-0.25, -0.2) is 4.98 Å². The largest absolute Gasteiger partial charge is 0.496 e. The molecule has 1 heterocycles. The minimum atomic E-state index is -0.313. The Morgan fingerprint density at radius 1 is 1.38 bits per heavy atom. The van der Waals surface area contributed by atoms with Crippen LogP contribution in [-0.4, -0.2) is 17.9 Å². The highest BCUT2D eigenvalue weighted by Gasteiger charge is 2.19. The number of carbonyl (C=O) groups excluding carboxylic acids is 1. The Morgan fingerprint density at radius 3 is 2.76 bits per heavy atom. The van der Waals surface area contributed by atoms with Crippen LogP contribution in [0.5, 0.6) is 5.75 Å². The molecule has 0 aliphatic rings. The van der Waals surface area contributed by atoms with Crippen molar-refractivity contribution >= 4 is 17.4 Å². The normalized spacial score (nSPS) is 11.5. The molecule has 21 heavy (non-hydrogen) atoms. The highest BCUT2D eigenvalue weighted by Crippen LogP contribution is 2.27. The maximum atomic E-state index is 12.6. The monoisotopic (exact) mass is 300 g/mol. The van der Waals surface area contributed by atoms with Gasteiger partial charge in [-0.2, -0.15) is 5.26 Å². The average Bonchev–Trinajstić information content (AvgIpc) is 2.53. The van der Waals surface area contributed by atoms with Crippen molar-refractivity contribution < 1.29 is 9.53 Å². The first-order valence-electron chi connectivity index (χ1n) is 6.31. The lowest BCUT2D eigenvalue weighted by molar-refractivity contribution is 0.103. The Labute approximate surface area is 128 Å². The van der Waals surface area contributed by atoms with E-state index in [1.54, 1.807) is 37.3 Å². The number of nitriles is 1. The van der Waals surface area contributed by atoms with Crippen LogP contribution in [-0.2, 0) is 0 Å². The summed E-state index contributed by atoms with van der Waals surface area (Å²) in [7, 11) is 1.49. The molecule has 0 saturated carbocycles. The lowest BCUT2D eigenvalue weighted by atomic mass is 9.96. The SMILES string of the molecule is COc1ccc(C(C)C#N)cc1C(=O)c1cccnc1Cl. The van der Waals surface area contributed by atoms with Crippen molar-refractivity contribution in [2.45, 2.75) is 12.8 Å². The molecule has 1 aromatic carbocycles. The van der Waals surface area contributed by atoms with Gasteiger partial charge < -0.3 is 4.74 Å². The summed E-state index contributed by atoms with van der Waals surface area (Å²) in [4.78, 5) is 16.5. The molecule has 0 bridgehead atoms. The van der Waals surface area contributed by atoms with Crippen LogP contribution in [0.2, 0.25) is 5.15 Å². The Hall–Kier alpha value is -2.38. The quantitative estimate of drug-likeness (QED) is 0.639. The predicted octanol–water partition coefficient (Wildman–Crippen LogP) is 3.60. The van der Waals surface area contributed by atoms with Crippen molar-refractivity contribution in [1.29, 1.82) is 5.26 Å². The first-order chi connectivity index (χ1) is 10.1. The standard InChI is InChI=1S/C16H13ClN2O2/c1-10(9-18)11-5-6-14(21-2)13(8-11)15(20)12-4-3-7-19-16(12)17/h3-8,10H,1-2H3. The van der Waals surface area contributed by atoms with E-state index in [9.17, 15) is 4.79 Å². The molecule has 0 spiro atoms. The van der Waals surface area contributed by atoms with Gasteiger partial charge in [-0.05, 0) is 36.8 Å². The first-order valence-corrected chi connectivity index (χ1v) is 6.69. The second-order valence-corrected chi connectivity index (χ2v) is 4.84. The fraction of sp³-hybridized carbons (Fsp3) is 0.188. The molecule has 0 radical (unpaired) electrons. The van der Waals surface area contributed by atoms with Crippen LogP contribution in [0.3, 0.4) is 0 Å². The van der Waals surface area contributed by atoms with E-state index in [4.69, 9.17) is 21.6 Å². The summed E-state index contributed by atoms with van der Waals surface area (Å²) in [6, 6.07) is 10.5. The maximum absolute atomic E-state index is 12.6. The molecule has 2 aromatic rings. The van der Waals surface area contributed by atoms with Crippen LogP contribution in [0.4, 0.5) is 0 Å². The van der Waals surface area contributed by atoms with E-state index < -0.39 is 0 Å². The summed E-state index contributed by atoms with van der Waals surface area (Å²) >= 11 is 5.97. The van der Waals surface area contributed by atoms with Crippen molar-refractivity contribution in [3.63, 3.8) is 0 Å². The summed E-state index contributed by atoms with van der Waals surface area (Å²) in [5.41, 5.74) is 1.42. The van der Waals surface area contributed by atoms with E-state index in [2.05, 4.69) is 11.1 Å². The molecular formula is C16H13ClN2O2. The van der Waals surface area contributed by atoms with E-state index in [1.807, 2.05) is 0 Å². The molecular weight excluding hydrogens is 288 g/mol. The molecule has 1 unspecified atom stereocenters. The Bertz CT molecular complexity index is 722. The highest BCUT2D eigenvalue weighted by atomic mass is 35.5. The van der Waals surface area contributed by atoms with Crippen molar-refractivity contribution in [3.8, 4) is 11.8 Å². The van der Waals surface area contributed by atoms with Gasteiger partial charge in [-0.1, -0.05) is 17.7 Å². The summed E-state index contributed by atoms with van der Waals surface area (Å²) in [6.07, 6.45) is 1.52. The summed E-state index contributed by atoms with van der Waals surface area (Å²) in [6.45, 7) is 1.77. The molecule has 5 heteroatoms.